The standard InChI is InChI=1S/C16H18ClNO3/c17-13-5-2-1-4-10(13)11-8-12(11)15(21)18-16(6-3-7-16)9-14(19)20/h1-2,4-5,11-12H,3,6-9H2,(H,18,21)(H,19,20). The second kappa shape index (κ2) is 5.34. The van der Waals surface area contributed by atoms with Crippen molar-refractivity contribution in [1.82, 2.24) is 5.32 Å². The number of benzene rings is 1. The molecule has 2 saturated carbocycles. The first-order valence-electron chi connectivity index (χ1n) is 7.29. The van der Waals surface area contributed by atoms with E-state index in [0.717, 1.165) is 31.2 Å². The average Bonchev–Trinajstić information content (AvgIpc) is 3.16. The van der Waals surface area contributed by atoms with Crippen LogP contribution in [-0.4, -0.2) is 22.5 Å². The molecule has 0 aliphatic heterocycles. The number of hydrogen-bond acceptors (Lipinski definition) is 2. The van der Waals surface area contributed by atoms with Gasteiger partial charge >= 0.3 is 5.97 Å². The van der Waals surface area contributed by atoms with Crippen molar-refractivity contribution in [2.24, 2.45) is 5.92 Å². The first-order chi connectivity index (χ1) is 10.0. The molecule has 21 heavy (non-hydrogen) atoms. The van der Waals surface area contributed by atoms with Crippen LogP contribution in [0.2, 0.25) is 5.02 Å². The number of aliphatic carboxylic acids is 1. The summed E-state index contributed by atoms with van der Waals surface area (Å²) in [4.78, 5) is 23.3. The summed E-state index contributed by atoms with van der Waals surface area (Å²) in [5.74, 6) is -0.786. The molecule has 2 aliphatic carbocycles. The number of rotatable bonds is 5. The van der Waals surface area contributed by atoms with Crippen LogP contribution in [0, 0.1) is 5.92 Å². The molecule has 2 aliphatic rings. The Hall–Kier alpha value is -1.55. The third-order valence-corrected chi connectivity index (χ3v) is 4.96. The molecular weight excluding hydrogens is 290 g/mol. The highest BCUT2D eigenvalue weighted by molar-refractivity contribution is 6.31. The van der Waals surface area contributed by atoms with Crippen molar-refractivity contribution in [1.29, 1.82) is 0 Å². The minimum absolute atomic E-state index is 0.0161. The summed E-state index contributed by atoms with van der Waals surface area (Å²) in [7, 11) is 0. The van der Waals surface area contributed by atoms with Crippen molar-refractivity contribution >= 4 is 23.5 Å². The van der Waals surface area contributed by atoms with Gasteiger partial charge in [-0.15, -0.1) is 0 Å². The summed E-state index contributed by atoms with van der Waals surface area (Å²) in [5.41, 5.74) is 0.497. The number of nitrogens with one attached hydrogen (secondary N) is 1. The van der Waals surface area contributed by atoms with Gasteiger partial charge in [-0.3, -0.25) is 9.59 Å². The number of hydrogen-bond donors (Lipinski definition) is 2. The van der Waals surface area contributed by atoms with Gasteiger partial charge in [-0.2, -0.15) is 0 Å². The van der Waals surface area contributed by atoms with Crippen molar-refractivity contribution in [3.63, 3.8) is 0 Å². The van der Waals surface area contributed by atoms with Crippen LogP contribution in [0.15, 0.2) is 24.3 Å². The van der Waals surface area contributed by atoms with Gasteiger partial charge in [-0.1, -0.05) is 29.8 Å². The zero-order chi connectivity index (χ0) is 15.0. The smallest absolute Gasteiger partial charge is 0.305 e. The Kier molecular flexibility index (Phi) is 3.66. The third-order valence-electron chi connectivity index (χ3n) is 4.62. The molecule has 112 valence electrons. The van der Waals surface area contributed by atoms with Crippen LogP contribution >= 0.6 is 11.6 Å². The summed E-state index contributed by atoms with van der Waals surface area (Å²) in [6.45, 7) is 0. The summed E-state index contributed by atoms with van der Waals surface area (Å²) in [5, 5.41) is 12.7. The molecule has 1 aromatic carbocycles. The van der Waals surface area contributed by atoms with E-state index in [4.69, 9.17) is 16.7 Å². The fourth-order valence-corrected chi connectivity index (χ4v) is 3.47. The van der Waals surface area contributed by atoms with Gasteiger partial charge in [0.05, 0.1) is 12.0 Å². The van der Waals surface area contributed by atoms with E-state index in [-0.39, 0.29) is 24.2 Å². The Morgan fingerprint density at radius 1 is 1.33 bits per heavy atom. The molecule has 0 radical (unpaired) electrons. The molecule has 0 aromatic heterocycles. The lowest BCUT2D eigenvalue weighted by atomic mass is 9.74. The number of carboxylic acids is 1. The maximum Gasteiger partial charge on any atom is 0.305 e. The Labute approximate surface area is 128 Å². The molecule has 1 amide bonds. The Bertz CT molecular complexity index is 583. The molecule has 2 unspecified atom stereocenters. The van der Waals surface area contributed by atoms with Crippen LogP contribution < -0.4 is 5.32 Å². The normalized spacial score (nSPS) is 25.8. The molecule has 1 aromatic rings. The Morgan fingerprint density at radius 3 is 2.62 bits per heavy atom. The van der Waals surface area contributed by atoms with Crippen molar-refractivity contribution in [3.8, 4) is 0 Å². The zero-order valence-corrected chi connectivity index (χ0v) is 12.4. The molecule has 2 atom stereocenters. The van der Waals surface area contributed by atoms with Crippen molar-refractivity contribution in [3.05, 3.63) is 34.9 Å². The first kappa shape index (κ1) is 14.4. The molecule has 3 rings (SSSR count). The van der Waals surface area contributed by atoms with E-state index in [1.807, 2.05) is 24.3 Å². The van der Waals surface area contributed by atoms with Gasteiger partial charge in [-0.25, -0.2) is 0 Å². The third kappa shape index (κ3) is 2.91. The number of carboxylic acid groups (broad SMARTS) is 1. The largest absolute Gasteiger partial charge is 0.481 e. The Balaban J connectivity index is 1.63. The van der Waals surface area contributed by atoms with E-state index in [1.165, 1.54) is 0 Å². The summed E-state index contributed by atoms with van der Waals surface area (Å²) < 4.78 is 0. The van der Waals surface area contributed by atoms with Gasteiger partial charge in [-0.05, 0) is 43.2 Å². The van der Waals surface area contributed by atoms with Crippen LogP contribution in [0.3, 0.4) is 0 Å². The first-order valence-corrected chi connectivity index (χ1v) is 7.67. The highest BCUT2D eigenvalue weighted by atomic mass is 35.5. The van der Waals surface area contributed by atoms with E-state index in [9.17, 15) is 9.59 Å². The molecule has 2 fully saturated rings. The van der Waals surface area contributed by atoms with Crippen LogP contribution in [0.5, 0.6) is 0 Å². The van der Waals surface area contributed by atoms with Crippen molar-refractivity contribution < 1.29 is 14.7 Å². The van der Waals surface area contributed by atoms with Gasteiger partial charge < -0.3 is 10.4 Å². The highest BCUT2D eigenvalue weighted by Gasteiger charge is 2.48. The fourth-order valence-electron chi connectivity index (χ4n) is 3.20. The van der Waals surface area contributed by atoms with Crippen molar-refractivity contribution in [2.75, 3.05) is 0 Å². The van der Waals surface area contributed by atoms with E-state index in [2.05, 4.69) is 5.32 Å². The van der Waals surface area contributed by atoms with Crippen LogP contribution in [0.25, 0.3) is 0 Å². The summed E-state index contributed by atoms with van der Waals surface area (Å²) in [6.07, 6.45) is 3.30. The maximum absolute atomic E-state index is 12.3. The molecule has 0 spiro atoms. The number of carbonyl (C=O) groups excluding carboxylic acids is 1. The van der Waals surface area contributed by atoms with Crippen LogP contribution in [0.1, 0.15) is 43.6 Å². The second-order valence-electron chi connectivity index (χ2n) is 6.16. The quantitative estimate of drug-likeness (QED) is 0.879. The summed E-state index contributed by atoms with van der Waals surface area (Å²) in [6, 6.07) is 7.59. The van der Waals surface area contributed by atoms with Gasteiger partial charge in [0.15, 0.2) is 0 Å². The van der Waals surface area contributed by atoms with Crippen LogP contribution in [0.4, 0.5) is 0 Å². The zero-order valence-electron chi connectivity index (χ0n) is 11.6. The van der Waals surface area contributed by atoms with Crippen molar-refractivity contribution in [2.45, 2.75) is 43.6 Å². The average molecular weight is 308 g/mol. The van der Waals surface area contributed by atoms with E-state index in [1.54, 1.807) is 0 Å². The summed E-state index contributed by atoms with van der Waals surface area (Å²) >= 11 is 6.16. The second-order valence-corrected chi connectivity index (χ2v) is 6.57. The van der Waals surface area contributed by atoms with E-state index in [0.29, 0.717) is 5.02 Å². The minimum atomic E-state index is -0.853. The van der Waals surface area contributed by atoms with Gasteiger partial charge in [0, 0.05) is 10.9 Å². The lowest BCUT2D eigenvalue weighted by Crippen LogP contribution is -2.55. The predicted molar refractivity (Wildman–Crippen MR) is 79.3 cm³/mol. The van der Waals surface area contributed by atoms with Gasteiger partial charge in [0.2, 0.25) is 5.91 Å². The molecule has 4 nitrogen and oxygen atoms in total. The van der Waals surface area contributed by atoms with Gasteiger partial charge in [0.1, 0.15) is 0 Å². The predicted octanol–water partition coefficient (Wildman–Crippen LogP) is 2.96. The monoisotopic (exact) mass is 307 g/mol. The van der Waals surface area contributed by atoms with E-state index < -0.39 is 11.5 Å². The lowest BCUT2D eigenvalue weighted by Gasteiger charge is -2.41. The van der Waals surface area contributed by atoms with Gasteiger partial charge in [0.25, 0.3) is 0 Å². The minimum Gasteiger partial charge on any atom is -0.481 e. The number of halogens is 1. The molecule has 0 heterocycles. The topological polar surface area (TPSA) is 66.4 Å². The molecular formula is C16H18ClNO3. The Morgan fingerprint density at radius 2 is 2.05 bits per heavy atom. The van der Waals surface area contributed by atoms with Crippen LogP contribution in [-0.2, 0) is 9.59 Å². The SMILES string of the molecule is O=C(O)CC1(NC(=O)C2CC2c2ccccc2Cl)CCC1. The maximum atomic E-state index is 12.3. The molecule has 0 saturated heterocycles. The highest BCUT2D eigenvalue weighted by Crippen LogP contribution is 2.50. The molecule has 0 bridgehead atoms. The fraction of sp³-hybridized carbons (Fsp3) is 0.500. The van der Waals surface area contributed by atoms with E-state index >= 15 is 0 Å². The number of carbonyl (C=O) groups is 2. The lowest BCUT2D eigenvalue weighted by molar-refractivity contribution is -0.140. The number of amides is 1. The molecule has 5 heteroatoms. The molecule has 2 N–H and O–H groups in total.